The zero-order chi connectivity index (χ0) is 15.6. The highest BCUT2D eigenvalue weighted by atomic mass is 19.4. The number of halogens is 5. The van der Waals surface area contributed by atoms with E-state index in [1.807, 2.05) is 0 Å². The third kappa shape index (κ3) is 3.62. The van der Waals surface area contributed by atoms with Crippen LogP contribution in [0.25, 0.3) is 0 Å². The quantitative estimate of drug-likeness (QED) is 0.783. The molecule has 3 nitrogen and oxygen atoms in total. The molecule has 1 aliphatic heterocycles. The van der Waals surface area contributed by atoms with Gasteiger partial charge in [0.25, 0.3) is 12.1 Å². The number of benzene rings is 1. The molecule has 0 spiro atoms. The Hall–Kier alpha value is -1.86. The molecule has 8 heteroatoms. The van der Waals surface area contributed by atoms with Gasteiger partial charge in [-0.3, -0.25) is 4.79 Å². The van der Waals surface area contributed by atoms with E-state index in [9.17, 15) is 26.7 Å². The molecule has 21 heavy (non-hydrogen) atoms. The molecule has 1 amide bonds. The summed E-state index contributed by atoms with van der Waals surface area (Å²) in [6, 6.07) is 5.63. The minimum Gasteiger partial charge on any atom is -0.368 e. The zero-order valence-electron chi connectivity index (χ0n) is 10.9. The molecule has 1 fully saturated rings. The van der Waals surface area contributed by atoms with Crippen molar-refractivity contribution in [1.82, 2.24) is 4.90 Å². The molecule has 1 atom stereocenters. The average molecular weight is 308 g/mol. The molecule has 1 aromatic carbocycles. The molecule has 0 aromatic heterocycles. The number of hydrogen-bond donors (Lipinski definition) is 0. The lowest BCUT2D eigenvalue weighted by atomic mass is 10.2. The summed E-state index contributed by atoms with van der Waals surface area (Å²) in [4.78, 5) is 14.1. The normalized spacial score (nSPS) is 17.8. The smallest absolute Gasteiger partial charge is 0.368 e. The molecule has 1 aliphatic rings. The second-order valence-corrected chi connectivity index (χ2v) is 4.69. The summed E-state index contributed by atoms with van der Waals surface area (Å²) in [5.41, 5.74) is 0.705. The Bertz CT molecular complexity index is 494. The number of carbonyl (C=O) groups excluding carboxylic acids is 1. The first-order valence-corrected chi connectivity index (χ1v) is 6.29. The summed E-state index contributed by atoms with van der Waals surface area (Å²) in [5.74, 6) is -1.95. The van der Waals surface area contributed by atoms with E-state index >= 15 is 0 Å². The van der Waals surface area contributed by atoms with Crippen LogP contribution in [0.1, 0.15) is 0 Å². The van der Waals surface area contributed by atoms with E-state index in [0.29, 0.717) is 5.69 Å². The Labute approximate surface area is 117 Å². The molecule has 116 valence electrons. The predicted molar refractivity (Wildman–Crippen MR) is 66.1 cm³/mol. The summed E-state index contributed by atoms with van der Waals surface area (Å²) in [5, 5.41) is 0. The number of anilines is 1. The molecule has 0 N–H and O–H groups in total. The van der Waals surface area contributed by atoms with Crippen molar-refractivity contribution in [1.29, 1.82) is 0 Å². The summed E-state index contributed by atoms with van der Waals surface area (Å²) in [7, 11) is 0. The van der Waals surface area contributed by atoms with Gasteiger partial charge < -0.3 is 9.80 Å². The van der Waals surface area contributed by atoms with Crippen LogP contribution in [0.4, 0.5) is 27.6 Å². The second kappa shape index (κ2) is 5.87. The van der Waals surface area contributed by atoms with Crippen molar-refractivity contribution in [3.63, 3.8) is 0 Å². The number of alkyl halides is 4. The highest BCUT2D eigenvalue weighted by Gasteiger charge is 2.47. The standard InChI is InChI=1S/C13H13F5N2O/c14-9-1-3-10(4-2-9)19-5-7-20(8-6-19)12(21)11(15)13(16,17)18/h1-4,11H,5-8H2/t11-/m0/s1. The fraction of sp³-hybridized carbons (Fsp3) is 0.462. The van der Waals surface area contributed by atoms with Crippen molar-refractivity contribution in [2.45, 2.75) is 12.3 Å². The van der Waals surface area contributed by atoms with E-state index in [1.54, 1.807) is 17.0 Å². The minimum absolute atomic E-state index is 0.00723. The molecule has 0 radical (unpaired) electrons. The number of piperazine rings is 1. The average Bonchev–Trinajstić information content (AvgIpc) is 2.46. The van der Waals surface area contributed by atoms with E-state index in [4.69, 9.17) is 0 Å². The third-order valence-electron chi connectivity index (χ3n) is 3.29. The molecule has 0 aliphatic carbocycles. The molecule has 1 heterocycles. The lowest BCUT2D eigenvalue weighted by molar-refractivity contribution is -0.193. The second-order valence-electron chi connectivity index (χ2n) is 4.69. The molecular formula is C13H13F5N2O. The van der Waals surface area contributed by atoms with Gasteiger partial charge in [-0.1, -0.05) is 0 Å². The van der Waals surface area contributed by atoms with Crippen molar-refractivity contribution >= 4 is 11.6 Å². The molecule has 1 aromatic rings. The zero-order valence-corrected chi connectivity index (χ0v) is 10.9. The number of amides is 1. The van der Waals surface area contributed by atoms with Gasteiger partial charge in [-0.05, 0) is 24.3 Å². The fourth-order valence-corrected chi connectivity index (χ4v) is 2.14. The molecule has 0 unspecified atom stereocenters. The van der Waals surface area contributed by atoms with E-state index in [1.165, 1.54) is 12.1 Å². The van der Waals surface area contributed by atoms with Gasteiger partial charge in [-0.2, -0.15) is 13.2 Å². The summed E-state index contributed by atoms with van der Waals surface area (Å²) in [6.45, 7) is 0.517. The van der Waals surface area contributed by atoms with Crippen LogP contribution in [-0.4, -0.2) is 49.3 Å². The van der Waals surface area contributed by atoms with Crippen LogP contribution in [0.3, 0.4) is 0 Å². The Kier molecular flexibility index (Phi) is 4.34. The lowest BCUT2D eigenvalue weighted by Gasteiger charge is -2.36. The van der Waals surface area contributed by atoms with Crippen LogP contribution in [-0.2, 0) is 4.79 Å². The van der Waals surface area contributed by atoms with Crippen molar-refractivity contribution < 1.29 is 26.7 Å². The van der Waals surface area contributed by atoms with Crippen LogP contribution >= 0.6 is 0 Å². The maximum absolute atomic E-state index is 13.0. The first kappa shape index (κ1) is 15.5. The Morgan fingerprint density at radius 3 is 2.05 bits per heavy atom. The van der Waals surface area contributed by atoms with Crippen LogP contribution in [0, 0.1) is 5.82 Å². The van der Waals surface area contributed by atoms with Gasteiger partial charge in [-0.15, -0.1) is 0 Å². The summed E-state index contributed by atoms with van der Waals surface area (Å²) in [6.07, 6.45) is -8.65. The van der Waals surface area contributed by atoms with Gasteiger partial charge in [0.2, 0.25) is 0 Å². The van der Waals surface area contributed by atoms with Crippen molar-refractivity contribution in [3.8, 4) is 0 Å². The maximum Gasteiger partial charge on any atom is 0.428 e. The van der Waals surface area contributed by atoms with Crippen LogP contribution in [0.5, 0.6) is 0 Å². The van der Waals surface area contributed by atoms with Crippen molar-refractivity contribution in [2.24, 2.45) is 0 Å². The topological polar surface area (TPSA) is 23.6 Å². The molecule has 0 saturated carbocycles. The van der Waals surface area contributed by atoms with E-state index < -0.39 is 24.1 Å². The SMILES string of the molecule is O=C([C@H](F)C(F)(F)F)N1CCN(c2ccc(F)cc2)CC1. The predicted octanol–water partition coefficient (Wildman–Crippen LogP) is 2.37. The Balaban J connectivity index is 1.94. The summed E-state index contributed by atoms with van der Waals surface area (Å²) >= 11 is 0. The van der Waals surface area contributed by atoms with Gasteiger partial charge in [0.15, 0.2) is 0 Å². The van der Waals surface area contributed by atoms with Crippen molar-refractivity contribution in [3.05, 3.63) is 30.1 Å². The minimum atomic E-state index is -5.18. The maximum atomic E-state index is 13.0. The first-order valence-electron chi connectivity index (χ1n) is 6.29. The van der Waals surface area contributed by atoms with Gasteiger partial charge in [0.1, 0.15) is 5.82 Å². The van der Waals surface area contributed by atoms with Crippen LogP contribution in [0.15, 0.2) is 24.3 Å². The van der Waals surface area contributed by atoms with E-state index in [-0.39, 0.29) is 26.2 Å². The van der Waals surface area contributed by atoms with Gasteiger partial charge in [0.05, 0.1) is 0 Å². The van der Waals surface area contributed by atoms with Crippen LogP contribution < -0.4 is 4.90 Å². The van der Waals surface area contributed by atoms with Gasteiger partial charge >= 0.3 is 6.18 Å². The van der Waals surface area contributed by atoms with Crippen LogP contribution in [0.2, 0.25) is 0 Å². The largest absolute Gasteiger partial charge is 0.428 e. The van der Waals surface area contributed by atoms with E-state index in [2.05, 4.69) is 0 Å². The number of nitrogens with zero attached hydrogens (tertiary/aromatic N) is 2. The van der Waals surface area contributed by atoms with E-state index in [0.717, 1.165) is 4.90 Å². The lowest BCUT2D eigenvalue weighted by Crippen LogP contribution is -2.53. The Morgan fingerprint density at radius 2 is 1.57 bits per heavy atom. The number of hydrogen-bond acceptors (Lipinski definition) is 2. The number of rotatable bonds is 2. The highest BCUT2D eigenvalue weighted by molar-refractivity contribution is 5.82. The fourth-order valence-electron chi connectivity index (χ4n) is 2.14. The molecular weight excluding hydrogens is 295 g/mol. The molecule has 2 rings (SSSR count). The number of carbonyl (C=O) groups is 1. The monoisotopic (exact) mass is 308 g/mol. The van der Waals surface area contributed by atoms with Gasteiger partial charge in [-0.25, -0.2) is 8.78 Å². The Morgan fingerprint density at radius 1 is 1.05 bits per heavy atom. The summed E-state index contributed by atoms with van der Waals surface area (Å²) < 4.78 is 62.3. The molecule has 0 bridgehead atoms. The van der Waals surface area contributed by atoms with Crippen molar-refractivity contribution in [2.75, 3.05) is 31.1 Å². The van der Waals surface area contributed by atoms with Gasteiger partial charge in [0, 0.05) is 31.9 Å². The molecule has 1 saturated heterocycles. The first-order chi connectivity index (χ1) is 9.79. The highest BCUT2D eigenvalue weighted by Crippen LogP contribution is 2.25. The third-order valence-corrected chi connectivity index (χ3v) is 3.29.